The fourth-order valence-corrected chi connectivity index (χ4v) is 4.43. The second-order valence-corrected chi connectivity index (χ2v) is 8.54. The van der Waals surface area contributed by atoms with Crippen LogP contribution in [0.3, 0.4) is 0 Å². The number of fused-ring (bicyclic) bond motifs is 1. The molecular weight excluding hydrogens is 418 g/mol. The molecule has 4 aromatic rings. The molecule has 0 bridgehead atoms. The first-order valence-electron chi connectivity index (χ1n) is 11.0. The third kappa shape index (κ3) is 4.29. The number of nitrogens with zero attached hydrogens (tertiary/aromatic N) is 3. The molecule has 0 atom stereocenters. The molecule has 1 aliphatic rings. The van der Waals surface area contributed by atoms with Gasteiger partial charge < -0.3 is 14.2 Å². The van der Waals surface area contributed by atoms with Gasteiger partial charge in [-0.05, 0) is 55.0 Å². The quantitative estimate of drug-likeness (QED) is 0.342. The van der Waals surface area contributed by atoms with Crippen LogP contribution in [0.5, 0.6) is 0 Å². The van der Waals surface area contributed by atoms with E-state index < -0.39 is 0 Å². The topological polar surface area (TPSA) is 29.8 Å². The number of hydrogen-bond acceptors (Lipinski definition) is 3. The van der Waals surface area contributed by atoms with Gasteiger partial charge in [0.1, 0.15) is 0 Å². The summed E-state index contributed by atoms with van der Waals surface area (Å²) in [7, 11) is 0. The minimum atomic E-state index is 0.760. The highest BCUT2D eigenvalue weighted by Crippen LogP contribution is 2.27. The molecule has 3 aromatic carbocycles. The van der Waals surface area contributed by atoms with Gasteiger partial charge in [-0.15, -0.1) is 0 Å². The monoisotopic (exact) mass is 443 g/mol. The van der Waals surface area contributed by atoms with E-state index in [2.05, 4.69) is 77.1 Å². The van der Waals surface area contributed by atoms with Crippen LogP contribution in [0, 0.1) is 6.92 Å². The van der Waals surface area contributed by atoms with Gasteiger partial charge >= 0.3 is 0 Å². The van der Waals surface area contributed by atoms with E-state index in [1.165, 1.54) is 27.8 Å². The molecule has 0 N–H and O–H groups in total. The number of anilines is 1. The third-order valence-corrected chi connectivity index (χ3v) is 6.35. The van der Waals surface area contributed by atoms with E-state index in [0.29, 0.717) is 0 Å². The van der Waals surface area contributed by atoms with Crippen LogP contribution in [-0.2, 0) is 11.3 Å². The van der Waals surface area contributed by atoms with E-state index in [0.717, 1.165) is 49.1 Å². The molecule has 0 unspecified atom stereocenters. The summed E-state index contributed by atoms with van der Waals surface area (Å²) in [6, 6.07) is 25.0. The number of benzene rings is 3. The molecule has 1 aromatic heterocycles. The maximum absolute atomic E-state index is 6.07. The first-order valence-corrected chi connectivity index (χ1v) is 11.4. The largest absolute Gasteiger partial charge is 0.378 e. The predicted molar refractivity (Wildman–Crippen MR) is 134 cm³/mol. The smallest absolute Gasteiger partial charge is 0.0642 e. The van der Waals surface area contributed by atoms with Crippen LogP contribution in [0.4, 0.5) is 11.4 Å². The Morgan fingerprint density at radius 3 is 2.41 bits per heavy atom. The molecule has 5 heteroatoms. The van der Waals surface area contributed by atoms with Crippen LogP contribution in [0.15, 0.2) is 77.8 Å². The van der Waals surface area contributed by atoms with Gasteiger partial charge in [0.05, 0.1) is 18.9 Å². The number of hydrogen-bond donors (Lipinski definition) is 0. The van der Waals surface area contributed by atoms with Crippen LogP contribution in [0.2, 0.25) is 5.02 Å². The maximum atomic E-state index is 6.07. The Bertz CT molecular complexity index is 1240. The van der Waals surface area contributed by atoms with Gasteiger partial charge in [0, 0.05) is 58.7 Å². The lowest BCUT2D eigenvalue weighted by Gasteiger charge is -2.28. The minimum Gasteiger partial charge on any atom is -0.378 e. The number of rotatable bonds is 5. The minimum absolute atomic E-state index is 0.760. The van der Waals surface area contributed by atoms with Crippen LogP contribution < -0.4 is 4.90 Å². The molecule has 0 saturated carbocycles. The summed E-state index contributed by atoms with van der Waals surface area (Å²) in [6.07, 6.45) is 2.00. The molecule has 1 fully saturated rings. The normalized spacial score (nSPS) is 14.5. The lowest BCUT2D eigenvalue weighted by Crippen LogP contribution is -2.36. The highest BCUT2D eigenvalue weighted by Gasteiger charge is 2.13. The molecule has 5 rings (SSSR count). The van der Waals surface area contributed by atoms with Crippen LogP contribution in [0.25, 0.3) is 10.9 Å². The number of halogens is 1. The SMILES string of the molecule is Cc1c(C=Nc2ccc(N3CCOCC3)cc2)c2ccccc2n1Cc1ccc(Cl)cc1. The van der Waals surface area contributed by atoms with Gasteiger partial charge in [-0.2, -0.15) is 0 Å². The van der Waals surface area contributed by atoms with E-state index in [1.807, 2.05) is 18.3 Å². The van der Waals surface area contributed by atoms with Crippen LogP contribution >= 0.6 is 11.6 Å². The Kier molecular flexibility index (Phi) is 5.97. The highest BCUT2D eigenvalue weighted by atomic mass is 35.5. The van der Waals surface area contributed by atoms with E-state index in [-0.39, 0.29) is 0 Å². The predicted octanol–water partition coefficient (Wildman–Crippen LogP) is 6.24. The lowest BCUT2D eigenvalue weighted by atomic mass is 10.1. The lowest BCUT2D eigenvalue weighted by molar-refractivity contribution is 0.122. The van der Waals surface area contributed by atoms with Crippen molar-refractivity contribution in [3.05, 3.63) is 94.6 Å². The third-order valence-electron chi connectivity index (χ3n) is 6.10. The van der Waals surface area contributed by atoms with Crippen molar-refractivity contribution in [2.24, 2.45) is 4.99 Å². The van der Waals surface area contributed by atoms with Gasteiger partial charge in [0.2, 0.25) is 0 Å². The van der Waals surface area contributed by atoms with Crippen LogP contribution in [0.1, 0.15) is 16.8 Å². The number of aliphatic imine (C=N–C) groups is 1. The number of aromatic nitrogens is 1. The van der Waals surface area contributed by atoms with Crippen LogP contribution in [-0.4, -0.2) is 37.1 Å². The van der Waals surface area contributed by atoms with Gasteiger partial charge in [0.15, 0.2) is 0 Å². The van der Waals surface area contributed by atoms with Crippen molar-refractivity contribution >= 4 is 40.1 Å². The second kappa shape index (κ2) is 9.19. The second-order valence-electron chi connectivity index (χ2n) is 8.10. The number of morpholine rings is 1. The summed E-state index contributed by atoms with van der Waals surface area (Å²) in [4.78, 5) is 7.16. The molecule has 0 amide bonds. The fourth-order valence-electron chi connectivity index (χ4n) is 4.31. The number of ether oxygens (including phenoxy) is 1. The molecule has 2 heterocycles. The fraction of sp³-hybridized carbons (Fsp3) is 0.222. The summed E-state index contributed by atoms with van der Waals surface area (Å²) in [5, 5.41) is 1.97. The highest BCUT2D eigenvalue weighted by molar-refractivity contribution is 6.30. The zero-order valence-electron chi connectivity index (χ0n) is 18.2. The average Bonchev–Trinajstić information content (AvgIpc) is 3.11. The van der Waals surface area contributed by atoms with Crippen molar-refractivity contribution < 1.29 is 4.74 Å². The Morgan fingerprint density at radius 2 is 1.66 bits per heavy atom. The van der Waals surface area contributed by atoms with E-state index in [9.17, 15) is 0 Å². The van der Waals surface area contributed by atoms with Crippen molar-refractivity contribution in [3.63, 3.8) is 0 Å². The zero-order chi connectivity index (χ0) is 21.9. The first-order chi connectivity index (χ1) is 15.7. The Hall–Kier alpha value is -3.08. The maximum Gasteiger partial charge on any atom is 0.0642 e. The Morgan fingerprint density at radius 1 is 0.938 bits per heavy atom. The first kappa shape index (κ1) is 20.8. The Labute approximate surface area is 193 Å². The van der Waals surface area contributed by atoms with Crippen molar-refractivity contribution in [2.75, 3.05) is 31.2 Å². The Balaban J connectivity index is 1.43. The summed E-state index contributed by atoms with van der Waals surface area (Å²) in [5.74, 6) is 0. The van der Waals surface area contributed by atoms with Gasteiger partial charge in [0.25, 0.3) is 0 Å². The summed E-state index contributed by atoms with van der Waals surface area (Å²) in [6.45, 7) is 6.42. The molecule has 0 radical (unpaired) electrons. The van der Waals surface area contributed by atoms with E-state index >= 15 is 0 Å². The molecular formula is C27H26ClN3O. The molecule has 32 heavy (non-hydrogen) atoms. The summed E-state index contributed by atoms with van der Waals surface area (Å²) < 4.78 is 7.80. The van der Waals surface area contributed by atoms with Gasteiger partial charge in [-0.1, -0.05) is 41.9 Å². The molecule has 162 valence electrons. The molecule has 4 nitrogen and oxygen atoms in total. The average molecular weight is 444 g/mol. The standard InChI is InChI=1S/C27H26ClN3O/c1-20-26(18-29-23-10-12-24(13-11-23)30-14-16-32-17-15-30)25-4-2-3-5-27(25)31(20)19-21-6-8-22(28)9-7-21/h2-13,18H,14-17,19H2,1H3. The van der Waals surface area contributed by atoms with E-state index in [4.69, 9.17) is 21.3 Å². The van der Waals surface area contributed by atoms with E-state index in [1.54, 1.807) is 0 Å². The summed E-state index contributed by atoms with van der Waals surface area (Å²) in [5.41, 5.74) is 6.98. The molecule has 0 spiro atoms. The van der Waals surface area contributed by atoms with Crippen molar-refractivity contribution in [2.45, 2.75) is 13.5 Å². The molecule has 0 aliphatic carbocycles. The summed E-state index contributed by atoms with van der Waals surface area (Å²) >= 11 is 6.07. The molecule has 1 aliphatic heterocycles. The van der Waals surface area contributed by atoms with Gasteiger partial charge in [-0.3, -0.25) is 4.99 Å². The van der Waals surface area contributed by atoms with Crippen molar-refractivity contribution in [1.29, 1.82) is 0 Å². The van der Waals surface area contributed by atoms with Gasteiger partial charge in [-0.25, -0.2) is 0 Å². The van der Waals surface area contributed by atoms with Crippen molar-refractivity contribution in [1.82, 2.24) is 4.57 Å². The number of para-hydroxylation sites is 1. The van der Waals surface area contributed by atoms with Crippen molar-refractivity contribution in [3.8, 4) is 0 Å². The molecule has 1 saturated heterocycles. The zero-order valence-corrected chi connectivity index (χ0v) is 18.9.